The van der Waals surface area contributed by atoms with Crippen molar-refractivity contribution in [2.75, 3.05) is 10.8 Å². The molecule has 0 fully saturated rings. The largest absolute Gasteiger partial charge is 0.416 e. The van der Waals surface area contributed by atoms with Crippen molar-refractivity contribution in [2.24, 2.45) is 0 Å². The van der Waals surface area contributed by atoms with Crippen LogP contribution in [-0.4, -0.2) is 6.54 Å². The van der Waals surface area contributed by atoms with E-state index in [9.17, 15) is 22.0 Å². The van der Waals surface area contributed by atoms with E-state index in [4.69, 9.17) is 0 Å². The number of hydrogen-bond donors (Lipinski definition) is 0. The lowest BCUT2D eigenvalue weighted by atomic mass is 9.97. The summed E-state index contributed by atoms with van der Waals surface area (Å²) in [5.74, 6) is -1.30. The summed E-state index contributed by atoms with van der Waals surface area (Å²) in [7, 11) is 0. The standard InChI is InChI=1S/C22H16F5NS/c23-17-8-9-19(20(24)13-17)15-7-6-14-3-2-10-28(21(14)11-15)29-18-5-1-4-16(12-18)22(25,26)27/h1,4-9,11-13H,2-3,10H2. The van der Waals surface area contributed by atoms with Crippen LogP contribution in [0.4, 0.5) is 27.6 Å². The SMILES string of the molecule is Fc1ccc(-c2ccc3c(c2)N(Sc2cccc(C(F)(F)F)c2)CCC3)c(F)c1. The van der Waals surface area contributed by atoms with Crippen molar-refractivity contribution < 1.29 is 22.0 Å². The molecule has 4 rings (SSSR count). The van der Waals surface area contributed by atoms with Gasteiger partial charge in [0.1, 0.15) is 11.6 Å². The Labute approximate surface area is 169 Å². The van der Waals surface area contributed by atoms with Gasteiger partial charge in [-0.25, -0.2) is 8.78 Å². The zero-order valence-electron chi connectivity index (χ0n) is 15.1. The Bertz CT molecular complexity index is 1050. The van der Waals surface area contributed by atoms with Gasteiger partial charge in [0.2, 0.25) is 0 Å². The van der Waals surface area contributed by atoms with Crippen LogP contribution in [-0.2, 0) is 12.6 Å². The van der Waals surface area contributed by atoms with Crippen molar-refractivity contribution in [3.8, 4) is 11.1 Å². The van der Waals surface area contributed by atoms with Crippen molar-refractivity contribution in [1.29, 1.82) is 0 Å². The summed E-state index contributed by atoms with van der Waals surface area (Å²) in [6.45, 7) is 0.656. The Morgan fingerprint density at radius 3 is 2.48 bits per heavy atom. The number of aryl methyl sites for hydroxylation is 1. The average Bonchev–Trinajstić information content (AvgIpc) is 2.68. The Morgan fingerprint density at radius 1 is 0.897 bits per heavy atom. The van der Waals surface area contributed by atoms with Crippen LogP contribution in [0.15, 0.2) is 65.6 Å². The van der Waals surface area contributed by atoms with E-state index in [-0.39, 0.29) is 5.56 Å². The maximum Gasteiger partial charge on any atom is 0.416 e. The predicted molar refractivity (Wildman–Crippen MR) is 105 cm³/mol. The van der Waals surface area contributed by atoms with E-state index >= 15 is 0 Å². The predicted octanol–water partition coefficient (Wildman–Crippen LogP) is 7.11. The van der Waals surface area contributed by atoms with Crippen LogP contribution < -0.4 is 4.31 Å². The molecule has 0 atom stereocenters. The van der Waals surface area contributed by atoms with Gasteiger partial charge < -0.3 is 4.31 Å². The van der Waals surface area contributed by atoms with Crippen LogP contribution in [0.3, 0.4) is 0 Å². The second-order valence-corrected chi connectivity index (χ2v) is 7.88. The number of benzene rings is 3. The summed E-state index contributed by atoms with van der Waals surface area (Å²) in [6, 6.07) is 14.1. The lowest BCUT2D eigenvalue weighted by Gasteiger charge is -2.30. The highest BCUT2D eigenvalue weighted by Gasteiger charge is 2.30. The van der Waals surface area contributed by atoms with Crippen molar-refractivity contribution in [3.63, 3.8) is 0 Å². The zero-order chi connectivity index (χ0) is 20.6. The van der Waals surface area contributed by atoms with Crippen molar-refractivity contribution in [1.82, 2.24) is 0 Å². The second kappa shape index (κ2) is 7.71. The fourth-order valence-electron chi connectivity index (χ4n) is 3.38. The molecule has 0 spiro atoms. The molecule has 0 aliphatic carbocycles. The Balaban J connectivity index is 1.67. The topological polar surface area (TPSA) is 3.24 Å². The third-order valence-electron chi connectivity index (χ3n) is 4.78. The summed E-state index contributed by atoms with van der Waals surface area (Å²) in [4.78, 5) is 0.478. The first-order valence-corrected chi connectivity index (χ1v) is 9.80. The average molecular weight is 421 g/mol. The molecule has 150 valence electrons. The molecule has 3 aromatic carbocycles. The molecule has 0 saturated heterocycles. The van der Waals surface area contributed by atoms with Crippen LogP contribution in [0, 0.1) is 11.6 Å². The molecule has 1 heterocycles. The fraction of sp³-hybridized carbons (Fsp3) is 0.182. The summed E-state index contributed by atoms with van der Waals surface area (Å²) in [5.41, 5.74) is 2.06. The normalized spacial score (nSPS) is 14.0. The molecule has 0 radical (unpaired) electrons. The highest BCUT2D eigenvalue weighted by atomic mass is 32.2. The van der Waals surface area contributed by atoms with Crippen LogP contribution in [0.2, 0.25) is 0 Å². The van der Waals surface area contributed by atoms with Gasteiger partial charge in [-0.15, -0.1) is 0 Å². The molecule has 0 amide bonds. The molecule has 7 heteroatoms. The van der Waals surface area contributed by atoms with E-state index in [1.807, 2.05) is 16.4 Å². The first-order valence-electron chi connectivity index (χ1n) is 9.02. The van der Waals surface area contributed by atoms with Gasteiger partial charge in [0.25, 0.3) is 0 Å². The van der Waals surface area contributed by atoms with E-state index in [0.29, 0.717) is 17.0 Å². The molecule has 0 N–H and O–H groups in total. The minimum absolute atomic E-state index is 0.281. The lowest BCUT2D eigenvalue weighted by molar-refractivity contribution is -0.137. The summed E-state index contributed by atoms with van der Waals surface area (Å²) in [5, 5.41) is 0. The highest BCUT2D eigenvalue weighted by molar-refractivity contribution is 8.00. The Kier molecular flexibility index (Phi) is 5.25. The van der Waals surface area contributed by atoms with E-state index in [1.54, 1.807) is 12.1 Å². The molecular weight excluding hydrogens is 405 g/mol. The number of anilines is 1. The van der Waals surface area contributed by atoms with Gasteiger partial charge >= 0.3 is 6.18 Å². The summed E-state index contributed by atoms with van der Waals surface area (Å²) >= 11 is 1.23. The van der Waals surface area contributed by atoms with E-state index < -0.39 is 23.4 Å². The third-order valence-corrected chi connectivity index (χ3v) is 5.84. The molecule has 0 bridgehead atoms. The lowest BCUT2D eigenvalue weighted by Crippen LogP contribution is -2.22. The molecular formula is C22H16F5NS. The van der Waals surface area contributed by atoms with Crippen LogP contribution in [0.1, 0.15) is 17.5 Å². The Morgan fingerprint density at radius 2 is 1.72 bits per heavy atom. The van der Waals surface area contributed by atoms with Crippen molar-refractivity contribution >= 4 is 17.6 Å². The second-order valence-electron chi connectivity index (χ2n) is 6.79. The quantitative estimate of drug-likeness (QED) is 0.327. The van der Waals surface area contributed by atoms with E-state index in [0.717, 1.165) is 42.3 Å². The first-order chi connectivity index (χ1) is 13.8. The maximum absolute atomic E-state index is 14.2. The van der Waals surface area contributed by atoms with Gasteiger partial charge in [-0.2, -0.15) is 13.2 Å². The fourth-order valence-corrected chi connectivity index (χ4v) is 4.45. The van der Waals surface area contributed by atoms with Crippen LogP contribution in [0.5, 0.6) is 0 Å². The molecule has 0 saturated carbocycles. The number of alkyl halides is 3. The van der Waals surface area contributed by atoms with Crippen molar-refractivity contribution in [2.45, 2.75) is 23.9 Å². The van der Waals surface area contributed by atoms with Gasteiger partial charge in [-0.3, -0.25) is 0 Å². The van der Waals surface area contributed by atoms with E-state index in [1.165, 1.54) is 30.1 Å². The van der Waals surface area contributed by atoms with Gasteiger partial charge in [0.05, 0.1) is 11.3 Å². The van der Waals surface area contributed by atoms with Crippen LogP contribution in [0.25, 0.3) is 11.1 Å². The molecule has 29 heavy (non-hydrogen) atoms. The zero-order valence-corrected chi connectivity index (χ0v) is 16.0. The third kappa shape index (κ3) is 4.24. The first kappa shape index (κ1) is 19.8. The maximum atomic E-state index is 14.2. The number of rotatable bonds is 3. The summed E-state index contributed by atoms with van der Waals surface area (Å²) < 4.78 is 68.4. The van der Waals surface area contributed by atoms with Gasteiger partial charge in [0.15, 0.2) is 0 Å². The minimum atomic E-state index is -4.40. The molecule has 1 aliphatic rings. The summed E-state index contributed by atoms with van der Waals surface area (Å²) in [6.07, 6.45) is -2.70. The molecule has 0 unspecified atom stereocenters. The molecule has 0 aromatic heterocycles. The molecule has 3 aromatic rings. The van der Waals surface area contributed by atoms with Crippen molar-refractivity contribution in [3.05, 3.63) is 83.4 Å². The van der Waals surface area contributed by atoms with Gasteiger partial charge in [-0.1, -0.05) is 18.2 Å². The van der Waals surface area contributed by atoms with Crippen LogP contribution >= 0.6 is 11.9 Å². The number of halogens is 5. The molecule has 1 nitrogen and oxygen atoms in total. The van der Waals surface area contributed by atoms with E-state index in [2.05, 4.69) is 0 Å². The number of hydrogen-bond acceptors (Lipinski definition) is 2. The highest BCUT2D eigenvalue weighted by Crippen LogP contribution is 2.40. The molecule has 1 aliphatic heterocycles. The van der Waals surface area contributed by atoms with Gasteiger partial charge in [0, 0.05) is 23.1 Å². The number of nitrogens with zero attached hydrogens (tertiary/aromatic N) is 1. The Hall–Kier alpha value is -2.54. The minimum Gasteiger partial charge on any atom is -0.312 e. The smallest absolute Gasteiger partial charge is 0.312 e. The number of fused-ring (bicyclic) bond motifs is 1. The van der Waals surface area contributed by atoms with Gasteiger partial charge in [-0.05, 0) is 72.3 Å². The monoisotopic (exact) mass is 421 g/mol.